The Kier molecular flexibility index (Phi) is 5.95. The Labute approximate surface area is 175 Å². The van der Waals surface area contributed by atoms with Crippen LogP contribution in [0.25, 0.3) is 0 Å². The predicted molar refractivity (Wildman–Crippen MR) is 114 cm³/mol. The van der Waals surface area contributed by atoms with Gasteiger partial charge in [-0.1, -0.05) is 30.2 Å². The van der Waals surface area contributed by atoms with Gasteiger partial charge in [-0.3, -0.25) is 9.59 Å². The minimum atomic E-state index is -0.284. The third-order valence-electron chi connectivity index (χ3n) is 5.70. The number of carbonyl (C=O) groups excluding carboxylic acids is 1. The van der Waals surface area contributed by atoms with Gasteiger partial charge >= 0.3 is 0 Å². The van der Waals surface area contributed by atoms with Crippen LogP contribution in [0, 0.1) is 0 Å². The number of H-pyrrole nitrogens is 1. The highest BCUT2D eigenvalue weighted by Crippen LogP contribution is 2.39. The Morgan fingerprint density at radius 1 is 1.17 bits per heavy atom. The van der Waals surface area contributed by atoms with Crippen molar-refractivity contribution in [3.63, 3.8) is 0 Å². The molecular weight excluding hydrogens is 388 g/mol. The molecule has 4 rings (SSSR count). The number of unbranched alkanes of at least 4 members (excludes halogenated alkanes) is 1. The maximum absolute atomic E-state index is 12.6. The summed E-state index contributed by atoms with van der Waals surface area (Å²) in [6.07, 6.45) is 7.36. The zero-order chi connectivity index (χ0) is 20.4. The number of halogens is 1. The van der Waals surface area contributed by atoms with E-state index in [1.54, 1.807) is 0 Å². The van der Waals surface area contributed by atoms with Gasteiger partial charge < -0.3 is 15.5 Å². The van der Waals surface area contributed by atoms with Crippen molar-refractivity contribution in [3.8, 4) is 5.75 Å². The second-order valence-corrected chi connectivity index (χ2v) is 8.65. The van der Waals surface area contributed by atoms with Crippen molar-refractivity contribution in [1.82, 2.24) is 4.98 Å². The summed E-state index contributed by atoms with van der Waals surface area (Å²) in [5.74, 6) is 0.836. The number of aromatic nitrogens is 1. The lowest BCUT2D eigenvalue weighted by atomic mass is 9.89. The number of rotatable bonds is 10. The molecule has 1 heterocycles. The summed E-state index contributed by atoms with van der Waals surface area (Å²) in [4.78, 5) is 26.7. The number of nitrogens with one attached hydrogen (secondary N) is 1. The SMILES string of the molecule is NC(=O)CCCCC(c1ccc(OC2CC2)c(Cl)c1)c1ccc(C2CC2)c(=O)[nH]1. The molecule has 29 heavy (non-hydrogen) atoms. The summed E-state index contributed by atoms with van der Waals surface area (Å²) in [5.41, 5.74) is 8.07. The summed E-state index contributed by atoms with van der Waals surface area (Å²) < 4.78 is 5.85. The molecule has 2 fully saturated rings. The van der Waals surface area contributed by atoms with Crippen molar-refractivity contribution in [1.29, 1.82) is 0 Å². The smallest absolute Gasteiger partial charge is 0.251 e. The minimum Gasteiger partial charge on any atom is -0.489 e. The van der Waals surface area contributed by atoms with E-state index in [2.05, 4.69) is 4.98 Å². The van der Waals surface area contributed by atoms with E-state index in [4.69, 9.17) is 22.1 Å². The first-order valence-corrected chi connectivity index (χ1v) is 10.9. The Morgan fingerprint density at radius 3 is 2.59 bits per heavy atom. The van der Waals surface area contributed by atoms with E-state index in [-0.39, 0.29) is 23.5 Å². The average Bonchev–Trinajstić information content (AvgIpc) is 3.58. The van der Waals surface area contributed by atoms with Gasteiger partial charge in [0, 0.05) is 23.6 Å². The Balaban J connectivity index is 1.57. The van der Waals surface area contributed by atoms with Crippen molar-refractivity contribution in [3.05, 3.63) is 62.5 Å². The van der Waals surface area contributed by atoms with Crippen LogP contribution in [0.4, 0.5) is 0 Å². The van der Waals surface area contributed by atoms with Gasteiger partial charge in [-0.05, 0) is 68.2 Å². The molecule has 5 nitrogen and oxygen atoms in total. The highest BCUT2D eigenvalue weighted by molar-refractivity contribution is 6.32. The Bertz CT molecular complexity index is 947. The molecule has 0 saturated heterocycles. The maximum atomic E-state index is 12.6. The van der Waals surface area contributed by atoms with Crippen molar-refractivity contribution in [2.75, 3.05) is 0 Å². The van der Waals surface area contributed by atoms with Gasteiger partial charge in [0.25, 0.3) is 5.56 Å². The van der Waals surface area contributed by atoms with E-state index in [0.717, 1.165) is 61.8 Å². The van der Waals surface area contributed by atoms with Crippen LogP contribution in [-0.4, -0.2) is 17.0 Å². The number of pyridine rings is 1. The van der Waals surface area contributed by atoms with E-state index in [1.807, 2.05) is 30.3 Å². The highest BCUT2D eigenvalue weighted by atomic mass is 35.5. The number of amides is 1. The highest BCUT2D eigenvalue weighted by Gasteiger charge is 2.27. The molecule has 0 bridgehead atoms. The van der Waals surface area contributed by atoms with Crippen LogP contribution in [0.2, 0.25) is 5.02 Å². The molecule has 2 aliphatic rings. The van der Waals surface area contributed by atoms with Crippen LogP contribution in [0.5, 0.6) is 5.75 Å². The number of ether oxygens (including phenoxy) is 1. The molecule has 0 aliphatic heterocycles. The summed E-state index contributed by atoms with van der Waals surface area (Å²) >= 11 is 6.48. The molecule has 1 aromatic heterocycles. The summed E-state index contributed by atoms with van der Waals surface area (Å²) in [7, 11) is 0. The Morgan fingerprint density at radius 2 is 1.97 bits per heavy atom. The Hall–Kier alpha value is -2.27. The first-order valence-electron chi connectivity index (χ1n) is 10.5. The van der Waals surface area contributed by atoms with Crippen LogP contribution >= 0.6 is 11.6 Å². The lowest BCUT2D eigenvalue weighted by Crippen LogP contribution is -2.16. The van der Waals surface area contributed by atoms with Gasteiger partial charge in [-0.2, -0.15) is 0 Å². The van der Waals surface area contributed by atoms with Crippen molar-refractivity contribution in [2.45, 2.75) is 69.3 Å². The van der Waals surface area contributed by atoms with Crippen molar-refractivity contribution in [2.24, 2.45) is 5.73 Å². The molecular formula is C23H27ClN2O3. The van der Waals surface area contributed by atoms with Gasteiger partial charge in [-0.25, -0.2) is 0 Å². The van der Waals surface area contributed by atoms with E-state index >= 15 is 0 Å². The molecule has 6 heteroatoms. The lowest BCUT2D eigenvalue weighted by molar-refractivity contribution is -0.118. The number of nitrogens with two attached hydrogens (primary N) is 1. The van der Waals surface area contributed by atoms with Crippen LogP contribution in [0.3, 0.4) is 0 Å². The largest absolute Gasteiger partial charge is 0.489 e. The van der Waals surface area contributed by atoms with Crippen molar-refractivity contribution < 1.29 is 9.53 Å². The van der Waals surface area contributed by atoms with Gasteiger partial charge in [-0.15, -0.1) is 0 Å². The predicted octanol–water partition coefficient (Wildman–Crippen LogP) is 4.62. The van der Waals surface area contributed by atoms with Crippen LogP contribution in [-0.2, 0) is 4.79 Å². The topological polar surface area (TPSA) is 85.2 Å². The fraction of sp³-hybridized carbons (Fsp3) is 0.478. The molecule has 0 radical (unpaired) electrons. The quantitative estimate of drug-likeness (QED) is 0.556. The maximum Gasteiger partial charge on any atom is 0.251 e. The zero-order valence-corrected chi connectivity index (χ0v) is 17.2. The molecule has 2 aliphatic carbocycles. The molecule has 1 unspecified atom stereocenters. The van der Waals surface area contributed by atoms with E-state index in [1.165, 1.54) is 0 Å². The third-order valence-corrected chi connectivity index (χ3v) is 5.99. The summed E-state index contributed by atoms with van der Waals surface area (Å²) in [5, 5.41) is 0.591. The lowest BCUT2D eigenvalue weighted by Gasteiger charge is -2.19. The normalized spacial score (nSPS) is 17.1. The monoisotopic (exact) mass is 414 g/mol. The number of carbonyl (C=O) groups is 1. The number of hydrogen-bond acceptors (Lipinski definition) is 3. The standard InChI is InChI=1S/C23H27ClN2O3/c24-19-13-15(7-12-21(19)29-16-8-9-16)17(3-1-2-4-22(25)27)20-11-10-18(14-5-6-14)23(28)26-20/h7,10-14,16-17H,1-6,8-9H2,(H2,25,27)(H,26,28). The molecule has 1 amide bonds. The second-order valence-electron chi connectivity index (χ2n) is 8.24. The summed E-state index contributed by atoms with van der Waals surface area (Å²) in [6, 6.07) is 9.87. The second kappa shape index (κ2) is 8.62. The van der Waals surface area contributed by atoms with Gasteiger partial charge in [0.05, 0.1) is 11.1 Å². The molecule has 3 N–H and O–H groups in total. The first kappa shape index (κ1) is 20.0. The van der Waals surface area contributed by atoms with E-state index in [0.29, 0.717) is 23.1 Å². The van der Waals surface area contributed by atoms with E-state index in [9.17, 15) is 9.59 Å². The summed E-state index contributed by atoms with van der Waals surface area (Å²) in [6.45, 7) is 0. The molecule has 1 atom stereocenters. The fourth-order valence-electron chi connectivity index (χ4n) is 3.76. The number of benzene rings is 1. The molecule has 154 valence electrons. The average molecular weight is 415 g/mol. The third kappa shape index (κ3) is 5.21. The number of aromatic amines is 1. The number of primary amides is 1. The zero-order valence-electron chi connectivity index (χ0n) is 16.5. The van der Waals surface area contributed by atoms with Crippen molar-refractivity contribution >= 4 is 17.5 Å². The molecule has 0 spiro atoms. The van der Waals surface area contributed by atoms with Crippen LogP contribution in [0.1, 0.15) is 80.0 Å². The van der Waals surface area contributed by atoms with Crippen LogP contribution < -0.4 is 16.0 Å². The van der Waals surface area contributed by atoms with E-state index < -0.39 is 0 Å². The van der Waals surface area contributed by atoms with Gasteiger partial charge in [0.2, 0.25) is 5.91 Å². The number of hydrogen-bond donors (Lipinski definition) is 2. The first-order chi connectivity index (χ1) is 14.0. The molecule has 1 aromatic carbocycles. The molecule has 2 saturated carbocycles. The minimum absolute atomic E-state index is 0.00342. The van der Waals surface area contributed by atoms with Gasteiger partial charge in [0.15, 0.2) is 0 Å². The molecule has 2 aromatic rings. The van der Waals surface area contributed by atoms with Gasteiger partial charge in [0.1, 0.15) is 5.75 Å². The van der Waals surface area contributed by atoms with Crippen LogP contribution in [0.15, 0.2) is 35.1 Å². The fourth-order valence-corrected chi connectivity index (χ4v) is 4.00.